The molecule has 2 rings (SSSR count). The van der Waals surface area contributed by atoms with Crippen LogP contribution in [0.5, 0.6) is 0 Å². The third-order valence-electron chi connectivity index (χ3n) is 2.42. The number of rotatable bonds is 7. The van der Waals surface area contributed by atoms with Crippen LogP contribution in [0.15, 0.2) is 29.8 Å². The number of amides is 1. The summed E-state index contributed by atoms with van der Waals surface area (Å²) in [6.45, 7) is 1.02. The standard InChI is InChI=1S/C13H16N4O2S/c1-19-7-6-15-12(18)8-10-9-20-13(16-10)17-11-4-2-3-5-14-11/h2-5,9H,6-8H2,1H3,(H,15,18)(H,14,16,17). The fourth-order valence-corrected chi connectivity index (χ4v) is 2.23. The largest absolute Gasteiger partial charge is 0.383 e. The van der Waals surface area contributed by atoms with Gasteiger partial charge in [-0.15, -0.1) is 11.3 Å². The van der Waals surface area contributed by atoms with E-state index < -0.39 is 0 Å². The molecule has 7 heteroatoms. The molecule has 0 aliphatic carbocycles. The highest BCUT2D eigenvalue weighted by atomic mass is 32.1. The first-order valence-electron chi connectivity index (χ1n) is 6.16. The van der Waals surface area contributed by atoms with Crippen molar-refractivity contribution in [1.82, 2.24) is 15.3 Å². The molecule has 0 aliphatic rings. The number of ether oxygens (including phenoxy) is 1. The number of carbonyl (C=O) groups excluding carboxylic acids is 1. The predicted molar refractivity (Wildman–Crippen MR) is 78.2 cm³/mol. The van der Waals surface area contributed by atoms with E-state index in [2.05, 4.69) is 20.6 Å². The van der Waals surface area contributed by atoms with Gasteiger partial charge in [-0.1, -0.05) is 6.07 Å². The Balaban J connectivity index is 1.84. The van der Waals surface area contributed by atoms with Gasteiger partial charge in [0.05, 0.1) is 18.7 Å². The van der Waals surface area contributed by atoms with Crippen LogP contribution in [0.25, 0.3) is 0 Å². The van der Waals surface area contributed by atoms with E-state index >= 15 is 0 Å². The molecule has 1 amide bonds. The van der Waals surface area contributed by atoms with Gasteiger partial charge in [0.25, 0.3) is 0 Å². The number of hydrogen-bond donors (Lipinski definition) is 2. The Morgan fingerprint density at radius 1 is 1.45 bits per heavy atom. The molecule has 0 radical (unpaired) electrons. The molecule has 0 aliphatic heterocycles. The fourth-order valence-electron chi connectivity index (χ4n) is 1.51. The van der Waals surface area contributed by atoms with Crippen LogP contribution in [0.4, 0.5) is 10.9 Å². The van der Waals surface area contributed by atoms with Gasteiger partial charge in [-0.05, 0) is 12.1 Å². The van der Waals surface area contributed by atoms with E-state index in [9.17, 15) is 4.79 Å². The van der Waals surface area contributed by atoms with Crippen LogP contribution in [-0.4, -0.2) is 36.1 Å². The maximum absolute atomic E-state index is 11.6. The lowest BCUT2D eigenvalue weighted by Gasteiger charge is -2.02. The summed E-state index contributed by atoms with van der Waals surface area (Å²) in [6, 6.07) is 5.61. The summed E-state index contributed by atoms with van der Waals surface area (Å²) < 4.78 is 4.87. The first-order valence-corrected chi connectivity index (χ1v) is 7.04. The van der Waals surface area contributed by atoms with Gasteiger partial charge in [-0.25, -0.2) is 9.97 Å². The van der Waals surface area contributed by atoms with Crippen LogP contribution in [0.2, 0.25) is 0 Å². The molecule has 2 aromatic rings. The maximum Gasteiger partial charge on any atom is 0.226 e. The molecule has 106 valence electrons. The van der Waals surface area contributed by atoms with Crippen molar-refractivity contribution in [3.63, 3.8) is 0 Å². The first kappa shape index (κ1) is 14.4. The minimum absolute atomic E-state index is 0.0586. The van der Waals surface area contributed by atoms with Gasteiger partial charge < -0.3 is 15.4 Å². The van der Waals surface area contributed by atoms with Crippen molar-refractivity contribution in [2.75, 3.05) is 25.6 Å². The van der Waals surface area contributed by atoms with Crippen molar-refractivity contribution < 1.29 is 9.53 Å². The monoisotopic (exact) mass is 292 g/mol. The Morgan fingerprint density at radius 3 is 3.10 bits per heavy atom. The number of carbonyl (C=O) groups is 1. The van der Waals surface area contributed by atoms with E-state index in [-0.39, 0.29) is 12.3 Å². The highest BCUT2D eigenvalue weighted by molar-refractivity contribution is 7.13. The van der Waals surface area contributed by atoms with Crippen LogP contribution in [0, 0.1) is 0 Å². The number of aromatic nitrogens is 2. The molecule has 2 heterocycles. The SMILES string of the molecule is COCCNC(=O)Cc1csc(Nc2ccccn2)n1. The lowest BCUT2D eigenvalue weighted by molar-refractivity contribution is -0.120. The molecule has 2 N–H and O–H groups in total. The summed E-state index contributed by atoms with van der Waals surface area (Å²) in [6.07, 6.45) is 1.98. The van der Waals surface area contributed by atoms with Crippen molar-refractivity contribution in [2.24, 2.45) is 0 Å². The minimum atomic E-state index is -0.0586. The topological polar surface area (TPSA) is 76.1 Å². The Labute approximate surface area is 121 Å². The lowest BCUT2D eigenvalue weighted by atomic mass is 10.3. The van der Waals surface area contributed by atoms with Gasteiger partial charge in [-0.2, -0.15) is 0 Å². The van der Waals surface area contributed by atoms with Gasteiger partial charge in [-0.3, -0.25) is 4.79 Å². The van der Waals surface area contributed by atoms with E-state index in [0.29, 0.717) is 13.2 Å². The van der Waals surface area contributed by atoms with Gasteiger partial charge >= 0.3 is 0 Å². The Hall–Kier alpha value is -1.99. The normalized spacial score (nSPS) is 10.2. The molecule has 0 saturated heterocycles. The first-order chi connectivity index (χ1) is 9.78. The second kappa shape index (κ2) is 7.56. The number of hydrogen-bond acceptors (Lipinski definition) is 6. The van der Waals surface area contributed by atoms with E-state index in [1.54, 1.807) is 13.3 Å². The van der Waals surface area contributed by atoms with Crippen LogP contribution in [0.1, 0.15) is 5.69 Å². The van der Waals surface area contributed by atoms with Crippen molar-refractivity contribution >= 4 is 28.2 Å². The number of pyridine rings is 1. The molecule has 2 aromatic heterocycles. The quantitative estimate of drug-likeness (QED) is 0.758. The zero-order chi connectivity index (χ0) is 14.2. The molecule has 0 unspecified atom stereocenters. The molecule has 0 spiro atoms. The minimum Gasteiger partial charge on any atom is -0.383 e. The Morgan fingerprint density at radius 2 is 2.35 bits per heavy atom. The van der Waals surface area contributed by atoms with Gasteiger partial charge in [0, 0.05) is 25.2 Å². The summed E-state index contributed by atoms with van der Waals surface area (Å²) in [7, 11) is 1.60. The third kappa shape index (κ3) is 4.60. The molecule has 0 saturated carbocycles. The number of thiazole rings is 1. The molecule has 6 nitrogen and oxygen atoms in total. The number of methoxy groups -OCH3 is 1. The molecular formula is C13H16N4O2S. The third-order valence-corrected chi connectivity index (χ3v) is 3.23. The number of anilines is 2. The summed E-state index contributed by atoms with van der Waals surface area (Å²) >= 11 is 1.45. The molecule has 20 heavy (non-hydrogen) atoms. The fraction of sp³-hybridized carbons (Fsp3) is 0.308. The average Bonchev–Trinajstić information content (AvgIpc) is 2.87. The predicted octanol–water partition coefficient (Wildman–Crippen LogP) is 1.59. The molecule has 0 atom stereocenters. The second-order valence-corrected chi connectivity index (χ2v) is 4.86. The lowest BCUT2D eigenvalue weighted by Crippen LogP contribution is -2.28. The summed E-state index contributed by atoms with van der Waals surface area (Å²) in [5.41, 5.74) is 0.739. The van der Waals surface area contributed by atoms with Crippen molar-refractivity contribution in [1.29, 1.82) is 0 Å². The smallest absolute Gasteiger partial charge is 0.226 e. The molecule has 0 aromatic carbocycles. The van der Waals surface area contributed by atoms with Gasteiger partial charge in [0.2, 0.25) is 5.91 Å². The molecular weight excluding hydrogens is 276 g/mol. The van der Waals surface area contributed by atoms with Gasteiger partial charge in [0.15, 0.2) is 5.13 Å². The highest BCUT2D eigenvalue weighted by Gasteiger charge is 2.07. The average molecular weight is 292 g/mol. The molecule has 0 bridgehead atoms. The summed E-state index contributed by atoms with van der Waals surface area (Å²) in [5.74, 6) is 0.676. The van der Waals surface area contributed by atoms with Crippen LogP contribution < -0.4 is 10.6 Å². The Kier molecular flexibility index (Phi) is 5.45. The van der Waals surface area contributed by atoms with E-state index in [1.807, 2.05) is 23.6 Å². The Bertz CT molecular complexity index is 544. The van der Waals surface area contributed by atoms with E-state index in [0.717, 1.165) is 16.6 Å². The summed E-state index contributed by atoms with van der Waals surface area (Å²) in [4.78, 5) is 20.1. The van der Waals surface area contributed by atoms with Crippen LogP contribution in [0.3, 0.4) is 0 Å². The zero-order valence-corrected chi connectivity index (χ0v) is 11.9. The number of nitrogens with zero attached hydrogens (tertiary/aromatic N) is 2. The highest BCUT2D eigenvalue weighted by Crippen LogP contribution is 2.19. The van der Waals surface area contributed by atoms with Crippen molar-refractivity contribution in [3.8, 4) is 0 Å². The van der Waals surface area contributed by atoms with Crippen LogP contribution in [-0.2, 0) is 16.0 Å². The van der Waals surface area contributed by atoms with E-state index in [1.165, 1.54) is 11.3 Å². The molecule has 0 fully saturated rings. The van der Waals surface area contributed by atoms with Crippen molar-refractivity contribution in [3.05, 3.63) is 35.5 Å². The van der Waals surface area contributed by atoms with Gasteiger partial charge in [0.1, 0.15) is 5.82 Å². The number of nitrogens with one attached hydrogen (secondary N) is 2. The zero-order valence-electron chi connectivity index (χ0n) is 11.1. The maximum atomic E-state index is 11.6. The van der Waals surface area contributed by atoms with Crippen LogP contribution >= 0.6 is 11.3 Å². The van der Waals surface area contributed by atoms with Crippen molar-refractivity contribution in [2.45, 2.75) is 6.42 Å². The van der Waals surface area contributed by atoms with E-state index in [4.69, 9.17) is 4.74 Å². The second-order valence-electron chi connectivity index (χ2n) is 4.00. The summed E-state index contributed by atoms with van der Waals surface area (Å²) in [5, 5.41) is 8.44.